The Hall–Kier alpha value is -3.84. The van der Waals surface area contributed by atoms with Crippen molar-refractivity contribution in [2.24, 2.45) is 0 Å². The van der Waals surface area contributed by atoms with E-state index in [1.54, 1.807) is 0 Å². The van der Waals surface area contributed by atoms with Crippen LogP contribution in [-0.4, -0.2) is 89.2 Å². The summed E-state index contributed by atoms with van der Waals surface area (Å²) < 4.78 is 28.3. The highest BCUT2D eigenvalue weighted by Gasteiger charge is 2.50. The van der Waals surface area contributed by atoms with Crippen molar-refractivity contribution in [2.45, 2.75) is 276 Å². The molecule has 1 aliphatic rings. The van der Waals surface area contributed by atoms with Crippen LogP contribution < -0.4 is 0 Å². The van der Waals surface area contributed by atoms with Crippen LogP contribution in [0, 0.1) is 0 Å². The molecule has 3 N–H and O–H groups in total. The van der Waals surface area contributed by atoms with E-state index in [-0.39, 0.29) is 25.9 Å². The molecule has 0 spiro atoms. The summed E-state index contributed by atoms with van der Waals surface area (Å²) in [6, 6.07) is 0. The lowest BCUT2D eigenvalue weighted by molar-refractivity contribution is -0.301. The van der Waals surface area contributed by atoms with Gasteiger partial charge in [0.25, 0.3) is 0 Å². The largest absolute Gasteiger partial charge is 0.479 e. The molecule has 0 aromatic rings. The number of carbonyl (C=O) groups excluding carboxylic acids is 3. The second kappa shape index (κ2) is 49.1. The van der Waals surface area contributed by atoms with Crippen LogP contribution in [0.15, 0.2) is 72.9 Å². The van der Waals surface area contributed by atoms with E-state index >= 15 is 0 Å². The summed E-state index contributed by atoms with van der Waals surface area (Å²) in [5.41, 5.74) is 0. The van der Waals surface area contributed by atoms with Crippen LogP contribution >= 0.6 is 0 Å². The summed E-state index contributed by atoms with van der Waals surface area (Å²) in [6.45, 7) is 5.78. The van der Waals surface area contributed by atoms with Gasteiger partial charge >= 0.3 is 23.9 Å². The van der Waals surface area contributed by atoms with Crippen molar-refractivity contribution in [1.29, 1.82) is 0 Å². The third-order valence-electron chi connectivity index (χ3n) is 12.7. The molecule has 73 heavy (non-hydrogen) atoms. The molecule has 6 unspecified atom stereocenters. The molecule has 418 valence electrons. The van der Waals surface area contributed by atoms with Gasteiger partial charge in [0, 0.05) is 19.3 Å². The molecule has 0 radical (unpaired) electrons. The lowest BCUT2D eigenvalue weighted by Gasteiger charge is -2.40. The average molecular weight is 1030 g/mol. The number of aliphatic hydroxyl groups excluding tert-OH is 2. The molecule has 1 aliphatic heterocycles. The number of unbranched alkanes of at least 4 members (excludes halogenated alkanes) is 22. The first-order chi connectivity index (χ1) is 35.6. The summed E-state index contributed by atoms with van der Waals surface area (Å²) in [7, 11) is 0. The third kappa shape index (κ3) is 39.3. The smallest absolute Gasteiger partial charge is 0.335 e. The molecule has 0 saturated carbocycles. The van der Waals surface area contributed by atoms with Crippen LogP contribution in [0.4, 0.5) is 0 Å². The molecule has 1 saturated heterocycles. The average Bonchev–Trinajstić information content (AvgIpc) is 3.37. The molecule has 0 bridgehead atoms. The Morgan fingerprint density at radius 3 is 1.40 bits per heavy atom. The molecule has 6 atom stereocenters. The van der Waals surface area contributed by atoms with E-state index in [9.17, 15) is 34.5 Å². The quantitative estimate of drug-likeness (QED) is 0.0228. The summed E-state index contributed by atoms with van der Waals surface area (Å²) in [6.07, 6.45) is 48.8. The SMILES string of the molecule is CC/C=C\C/C=C\C/C=C\C/C=C\CCCCC(=O)OC1C(OCC(COC(=O)CCCCCCCCCCCCCCCCC)OC(=O)CCCCCCC/C=C\C/C=C\CCC)OC(C(=O)O)C(O)C1O. The van der Waals surface area contributed by atoms with Gasteiger partial charge in [0.2, 0.25) is 0 Å². The maximum Gasteiger partial charge on any atom is 0.335 e. The zero-order valence-corrected chi connectivity index (χ0v) is 45.9. The van der Waals surface area contributed by atoms with E-state index in [2.05, 4.69) is 93.7 Å². The fourth-order valence-electron chi connectivity index (χ4n) is 8.34. The highest BCUT2D eigenvalue weighted by Crippen LogP contribution is 2.26. The van der Waals surface area contributed by atoms with E-state index in [1.165, 1.54) is 70.6 Å². The first-order valence-corrected chi connectivity index (χ1v) is 28.9. The van der Waals surface area contributed by atoms with Crippen LogP contribution in [0.5, 0.6) is 0 Å². The van der Waals surface area contributed by atoms with E-state index < -0.39 is 67.3 Å². The highest BCUT2D eigenvalue weighted by molar-refractivity contribution is 5.74. The Kier molecular flexibility index (Phi) is 45.1. The maximum absolute atomic E-state index is 13.1. The van der Waals surface area contributed by atoms with Crippen molar-refractivity contribution in [3.8, 4) is 0 Å². The zero-order valence-electron chi connectivity index (χ0n) is 45.9. The second-order valence-corrected chi connectivity index (χ2v) is 19.5. The topological polar surface area (TPSA) is 175 Å². The number of rotatable bonds is 48. The van der Waals surface area contributed by atoms with Crippen LogP contribution in [0.2, 0.25) is 0 Å². The number of carbonyl (C=O) groups is 4. The van der Waals surface area contributed by atoms with Gasteiger partial charge in [-0.25, -0.2) is 4.79 Å². The molecular weight excluding hydrogens is 925 g/mol. The fraction of sp³-hybridized carbons (Fsp3) is 0.738. The first-order valence-electron chi connectivity index (χ1n) is 28.9. The van der Waals surface area contributed by atoms with Gasteiger partial charge in [-0.15, -0.1) is 0 Å². The van der Waals surface area contributed by atoms with Gasteiger partial charge in [0.05, 0.1) is 6.61 Å². The van der Waals surface area contributed by atoms with Crippen LogP contribution in [-0.2, 0) is 42.9 Å². The van der Waals surface area contributed by atoms with E-state index in [4.69, 9.17) is 23.7 Å². The number of aliphatic hydroxyl groups is 2. The van der Waals surface area contributed by atoms with Crippen molar-refractivity contribution in [1.82, 2.24) is 0 Å². The number of ether oxygens (including phenoxy) is 5. The van der Waals surface area contributed by atoms with Crippen molar-refractivity contribution in [3.05, 3.63) is 72.9 Å². The lowest BCUT2D eigenvalue weighted by atomic mass is 9.98. The molecular formula is C61H102O12. The molecule has 0 aromatic carbocycles. The van der Waals surface area contributed by atoms with Crippen molar-refractivity contribution < 1.29 is 58.2 Å². The van der Waals surface area contributed by atoms with Gasteiger partial charge in [-0.2, -0.15) is 0 Å². The molecule has 1 fully saturated rings. The van der Waals surface area contributed by atoms with Crippen molar-refractivity contribution in [2.75, 3.05) is 13.2 Å². The lowest BCUT2D eigenvalue weighted by Crippen LogP contribution is -2.61. The normalized spacial score (nSPS) is 18.8. The molecule has 1 heterocycles. The van der Waals surface area contributed by atoms with E-state index in [0.29, 0.717) is 25.7 Å². The monoisotopic (exact) mass is 1030 g/mol. The number of aliphatic carboxylic acids is 1. The minimum atomic E-state index is -1.92. The van der Waals surface area contributed by atoms with E-state index in [1.807, 2.05) is 0 Å². The molecule has 1 rings (SSSR count). The summed E-state index contributed by atoms with van der Waals surface area (Å²) in [5.74, 6) is -3.19. The van der Waals surface area contributed by atoms with Crippen LogP contribution in [0.3, 0.4) is 0 Å². The number of carboxylic acid groups (broad SMARTS) is 1. The summed E-state index contributed by atoms with van der Waals surface area (Å²) >= 11 is 0. The maximum atomic E-state index is 13.1. The Bertz CT molecular complexity index is 1550. The van der Waals surface area contributed by atoms with Gasteiger partial charge in [-0.05, 0) is 83.5 Å². The molecule has 0 aliphatic carbocycles. The zero-order chi connectivity index (χ0) is 53.3. The predicted octanol–water partition coefficient (Wildman–Crippen LogP) is 14.6. The molecule has 0 aromatic heterocycles. The Labute approximate surface area is 442 Å². The number of esters is 3. The third-order valence-corrected chi connectivity index (χ3v) is 12.7. The Balaban J connectivity index is 2.73. The van der Waals surface area contributed by atoms with Crippen molar-refractivity contribution >= 4 is 23.9 Å². The van der Waals surface area contributed by atoms with Gasteiger partial charge in [-0.1, -0.05) is 209 Å². The van der Waals surface area contributed by atoms with Crippen LogP contribution in [0.25, 0.3) is 0 Å². The second-order valence-electron chi connectivity index (χ2n) is 19.5. The molecule has 12 nitrogen and oxygen atoms in total. The van der Waals surface area contributed by atoms with Crippen molar-refractivity contribution in [3.63, 3.8) is 0 Å². The number of hydrogen-bond acceptors (Lipinski definition) is 11. The number of allylic oxidation sites excluding steroid dienone is 12. The minimum absolute atomic E-state index is 0.00548. The summed E-state index contributed by atoms with van der Waals surface area (Å²) in [5, 5.41) is 31.4. The van der Waals surface area contributed by atoms with Gasteiger partial charge in [0.1, 0.15) is 18.8 Å². The first kappa shape index (κ1) is 67.2. The minimum Gasteiger partial charge on any atom is -0.479 e. The number of hydrogen-bond donors (Lipinski definition) is 3. The molecule has 0 amide bonds. The van der Waals surface area contributed by atoms with Crippen LogP contribution in [0.1, 0.15) is 239 Å². The predicted molar refractivity (Wildman–Crippen MR) is 294 cm³/mol. The van der Waals surface area contributed by atoms with Gasteiger partial charge < -0.3 is 39.0 Å². The molecule has 12 heteroatoms. The standard InChI is InChI=1S/C61H102O12/c1-4-7-10-13-16-19-22-25-27-30-32-35-38-41-44-47-53(62)69-50-52(71-54(63)48-45-42-39-36-33-29-24-21-18-15-12-9-6-3)51-70-61-59(57(66)56(65)58(73-61)60(67)68)72-55(64)49-46-43-40-37-34-31-28-26-23-20-17-14-11-8-5-2/h8,11-12,15,17,20-21,24,26,28,34,37,52,56-59,61,65-66H,4-7,9-10,13-14,16,18-19,22-23,25,27,29-33,35-36,38-51H2,1-3H3,(H,67,68)/b11-8-,15-12-,20-17-,24-21-,28-26-,37-34-. The van der Waals surface area contributed by atoms with Gasteiger partial charge in [-0.3, -0.25) is 14.4 Å². The Morgan fingerprint density at radius 2 is 0.890 bits per heavy atom. The summed E-state index contributed by atoms with van der Waals surface area (Å²) in [4.78, 5) is 51.0. The van der Waals surface area contributed by atoms with Gasteiger partial charge in [0.15, 0.2) is 24.6 Å². The fourth-order valence-corrected chi connectivity index (χ4v) is 8.34. The highest BCUT2D eigenvalue weighted by atomic mass is 16.7. The Morgan fingerprint density at radius 1 is 0.466 bits per heavy atom. The van der Waals surface area contributed by atoms with E-state index in [0.717, 1.165) is 103 Å². The number of carboxylic acids is 1.